The van der Waals surface area contributed by atoms with Crippen molar-refractivity contribution in [2.45, 2.75) is 38.1 Å². The lowest BCUT2D eigenvalue weighted by Gasteiger charge is -2.27. The number of rotatable bonds is 3. The maximum absolute atomic E-state index is 10.1. The fourth-order valence-corrected chi connectivity index (χ4v) is 3.70. The number of hydrogen-bond donors (Lipinski definition) is 2. The highest BCUT2D eigenvalue weighted by atomic mass is 16.3. The lowest BCUT2D eigenvalue weighted by atomic mass is 9.87. The lowest BCUT2D eigenvalue weighted by Crippen LogP contribution is -2.21. The summed E-state index contributed by atoms with van der Waals surface area (Å²) in [6, 6.07) is 8.05. The quantitative estimate of drug-likeness (QED) is 0.911. The van der Waals surface area contributed by atoms with Crippen LogP contribution in [0.4, 0.5) is 11.6 Å². The van der Waals surface area contributed by atoms with Gasteiger partial charge in [-0.15, -0.1) is 0 Å². The Morgan fingerprint density at radius 2 is 2.00 bits per heavy atom. The maximum atomic E-state index is 10.1. The van der Waals surface area contributed by atoms with Gasteiger partial charge in [-0.25, -0.2) is 9.97 Å². The average molecular weight is 310 g/mol. The first-order valence-electron chi connectivity index (χ1n) is 8.45. The van der Waals surface area contributed by atoms with Crippen LogP contribution in [-0.4, -0.2) is 28.2 Å². The average Bonchev–Trinajstić information content (AvgIpc) is 3.11. The third-order valence-corrected chi connectivity index (χ3v) is 4.89. The highest BCUT2D eigenvalue weighted by Gasteiger charge is 2.23. The van der Waals surface area contributed by atoms with E-state index >= 15 is 0 Å². The van der Waals surface area contributed by atoms with Crippen LogP contribution in [0.15, 0.2) is 30.6 Å². The minimum Gasteiger partial charge on any atom is -0.508 e. The summed E-state index contributed by atoms with van der Waals surface area (Å²) in [5, 5.41) is 13.6. The molecule has 0 spiro atoms. The number of hydrogen-bond acceptors (Lipinski definition) is 5. The molecule has 1 saturated heterocycles. The molecule has 4 rings (SSSR count). The molecular weight excluding hydrogens is 288 g/mol. The van der Waals surface area contributed by atoms with Crippen LogP contribution in [-0.2, 0) is 6.42 Å². The van der Waals surface area contributed by atoms with Crippen molar-refractivity contribution in [1.82, 2.24) is 9.97 Å². The van der Waals surface area contributed by atoms with Crippen LogP contribution in [0.5, 0.6) is 5.75 Å². The van der Waals surface area contributed by atoms with E-state index in [9.17, 15) is 5.11 Å². The fraction of sp³-hybridized carbons (Fsp3) is 0.444. The number of fused-ring (bicyclic) bond motifs is 1. The van der Waals surface area contributed by atoms with Crippen LogP contribution in [0.2, 0.25) is 0 Å². The third kappa shape index (κ3) is 2.83. The molecule has 2 heterocycles. The Balaban J connectivity index is 1.57. The van der Waals surface area contributed by atoms with Gasteiger partial charge in [0.2, 0.25) is 0 Å². The molecule has 1 aliphatic carbocycles. The van der Waals surface area contributed by atoms with Crippen LogP contribution < -0.4 is 10.2 Å². The molecule has 0 bridgehead atoms. The molecule has 0 amide bonds. The molecule has 5 heteroatoms. The zero-order valence-electron chi connectivity index (χ0n) is 13.2. The Morgan fingerprint density at radius 1 is 1.13 bits per heavy atom. The van der Waals surface area contributed by atoms with Crippen LogP contribution in [0, 0.1) is 0 Å². The number of phenolic OH excluding ortho intramolecular Hbond substituents is 1. The van der Waals surface area contributed by atoms with E-state index in [1.165, 1.54) is 18.4 Å². The van der Waals surface area contributed by atoms with E-state index in [0.717, 1.165) is 49.6 Å². The summed E-state index contributed by atoms with van der Waals surface area (Å²) in [5.74, 6) is 2.28. The molecule has 2 aliphatic rings. The second kappa shape index (κ2) is 6.07. The predicted octanol–water partition coefficient (Wildman–Crippen LogP) is 3.27. The molecule has 1 atom stereocenters. The number of benzene rings is 1. The molecule has 0 radical (unpaired) electrons. The molecule has 2 aromatic rings. The molecule has 0 saturated carbocycles. The zero-order valence-corrected chi connectivity index (χ0v) is 13.2. The van der Waals surface area contributed by atoms with Gasteiger partial charge in [-0.05, 0) is 49.3 Å². The van der Waals surface area contributed by atoms with Crippen molar-refractivity contribution >= 4 is 11.6 Å². The van der Waals surface area contributed by atoms with Gasteiger partial charge < -0.3 is 15.3 Å². The van der Waals surface area contributed by atoms with E-state index in [1.807, 2.05) is 12.1 Å². The zero-order chi connectivity index (χ0) is 15.6. The number of anilines is 2. The highest BCUT2D eigenvalue weighted by molar-refractivity contribution is 5.52. The van der Waals surface area contributed by atoms with E-state index in [1.54, 1.807) is 12.4 Å². The Bertz CT molecular complexity index is 697. The van der Waals surface area contributed by atoms with Gasteiger partial charge in [-0.1, -0.05) is 12.1 Å². The summed E-state index contributed by atoms with van der Waals surface area (Å²) in [6.07, 6.45) is 7.20. The second-order valence-electron chi connectivity index (χ2n) is 6.39. The predicted molar refractivity (Wildman–Crippen MR) is 90.9 cm³/mol. The number of aromatic hydroxyl groups is 1. The first kappa shape index (κ1) is 14.3. The van der Waals surface area contributed by atoms with Crippen LogP contribution in [0.25, 0.3) is 0 Å². The van der Waals surface area contributed by atoms with Crippen molar-refractivity contribution in [2.75, 3.05) is 23.3 Å². The monoisotopic (exact) mass is 310 g/mol. The first-order valence-corrected chi connectivity index (χ1v) is 8.45. The minimum atomic E-state index is 0.201. The molecule has 2 N–H and O–H groups in total. The van der Waals surface area contributed by atoms with Crippen LogP contribution >= 0.6 is 0 Å². The Morgan fingerprint density at radius 3 is 2.87 bits per heavy atom. The maximum Gasteiger partial charge on any atom is 0.134 e. The topological polar surface area (TPSA) is 61.3 Å². The summed E-state index contributed by atoms with van der Waals surface area (Å²) >= 11 is 0. The summed E-state index contributed by atoms with van der Waals surface area (Å²) in [7, 11) is 0. The minimum absolute atomic E-state index is 0.201. The molecular formula is C18H22N4O. The summed E-state index contributed by atoms with van der Waals surface area (Å²) < 4.78 is 0. The molecule has 23 heavy (non-hydrogen) atoms. The molecule has 5 nitrogen and oxygen atoms in total. The molecule has 1 fully saturated rings. The van der Waals surface area contributed by atoms with Crippen LogP contribution in [0.1, 0.15) is 42.9 Å². The molecule has 1 aromatic carbocycles. The SMILES string of the molecule is Oc1cccc2c1CCCC2Nc1cc(N2CCCC2)ncn1. The summed E-state index contributed by atoms with van der Waals surface area (Å²) in [6.45, 7) is 2.16. The lowest BCUT2D eigenvalue weighted by molar-refractivity contribution is 0.457. The Hall–Kier alpha value is -2.30. The number of aromatic nitrogens is 2. The first-order chi connectivity index (χ1) is 11.3. The van der Waals surface area contributed by atoms with Gasteiger partial charge in [0, 0.05) is 19.2 Å². The van der Waals surface area contributed by atoms with Crippen molar-refractivity contribution in [3.8, 4) is 5.75 Å². The molecule has 1 unspecified atom stereocenters. The van der Waals surface area contributed by atoms with Gasteiger partial charge >= 0.3 is 0 Å². The van der Waals surface area contributed by atoms with Crippen molar-refractivity contribution in [3.63, 3.8) is 0 Å². The van der Waals surface area contributed by atoms with Gasteiger partial charge in [-0.3, -0.25) is 0 Å². The van der Waals surface area contributed by atoms with E-state index in [2.05, 4.69) is 26.3 Å². The smallest absolute Gasteiger partial charge is 0.134 e. The molecule has 1 aliphatic heterocycles. The fourth-order valence-electron chi connectivity index (χ4n) is 3.70. The Labute approximate surface area is 136 Å². The van der Waals surface area contributed by atoms with Crippen molar-refractivity contribution < 1.29 is 5.11 Å². The number of nitrogens with one attached hydrogen (secondary N) is 1. The van der Waals surface area contributed by atoms with Crippen molar-refractivity contribution in [3.05, 3.63) is 41.7 Å². The van der Waals surface area contributed by atoms with E-state index in [-0.39, 0.29) is 6.04 Å². The highest BCUT2D eigenvalue weighted by Crippen LogP contribution is 2.36. The summed E-state index contributed by atoms with van der Waals surface area (Å²) in [4.78, 5) is 11.1. The van der Waals surface area contributed by atoms with Gasteiger partial charge in [0.05, 0.1) is 6.04 Å². The van der Waals surface area contributed by atoms with Gasteiger partial charge in [0.25, 0.3) is 0 Å². The largest absolute Gasteiger partial charge is 0.508 e. The normalized spacial score (nSPS) is 20.3. The van der Waals surface area contributed by atoms with Crippen molar-refractivity contribution in [2.24, 2.45) is 0 Å². The number of nitrogens with zero attached hydrogens (tertiary/aromatic N) is 3. The van der Waals surface area contributed by atoms with Gasteiger partial charge in [-0.2, -0.15) is 0 Å². The second-order valence-corrected chi connectivity index (χ2v) is 6.39. The third-order valence-electron chi connectivity index (χ3n) is 4.89. The van der Waals surface area contributed by atoms with Gasteiger partial charge in [0.1, 0.15) is 23.7 Å². The summed E-state index contributed by atoms with van der Waals surface area (Å²) in [5.41, 5.74) is 2.27. The van der Waals surface area contributed by atoms with E-state index in [4.69, 9.17) is 0 Å². The Kier molecular flexibility index (Phi) is 3.77. The molecule has 1 aromatic heterocycles. The van der Waals surface area contributed by atoms with E-state index < -0.39 is 0 Å². The standard InChI is InChI=1S/C18H22N4O/c23-16-8-4-5-13-14(16)6-3-7-15(13)21-17-11-18(20-12-19-17)22-9-1-2-10-22/h4-5,8,11-12,15,23H,1-3,6-7,9-10H2,(H,19,20,21). The van der Waals surface area contributed by atoms with E-state index in [0.29, 0.717) is 5.75 Å². The van der Waals surface area contributed by atoms with Crippen molar-refractivity contribution in [1.29, 1.82) is 0 Å². The number of phenols is 1. The van der Waals surface area contributed by atoms with Crippen LogP contribution in [0.3, 0.4) is 0 Å². The molecule has 120 valence electrons. The van der Waals surface area contributed by atoms with Gasteiger partial charge in [0.15, 0.2) is 0 Å².